The van der Waals surface area contributed by atoms with Gasteiger partial charge in [0.2, 0.25) is 0 Å². The summed E-state index contributed by atoms with van der Waals surface area (Å²) in [4.78, 5) is 32.7. The molecule has 19 heavy (non-hydrogen) atoms. The van der Waals surface area contributed by atoms with Gasteiger partial charge in [0, 0.05) is 11.1 Å². The Bertz CT molecular complexity index is 564. The molecule has 0 aromatic heterocycles. The first-order chi connectivity index (χ1) is 8.84. The lowest BCUT2D eigenvalue weighted by molar-refractivity contribution is -0.386. The maximum atomic E-state index is 11.2. The minimum atomic E-state index is -1.47. The lowest BCUT2D eigenvalue weighted by Gasteiger charge is -2.11. The zero-order valence-corrected chi connectivity index (χ0v) is 10.5. The molecule has 1 aromatic carbocycles. The molecule has 7 heteroatoms. The molecule has 0 aliphatic heterocycles. The topological polar surface area (TPSA) is 118 Å². The van der Waals surface area contributed by atoms with Crippen molar-refractivity contribution >= 4 is 17.6 Å². The van der Waals surface area contributed by atoms with E-state index in [1.807, 2.05) is 0 Å². The Morgan fingerprint density at radius 1 is 1.21 bits per heavy atom. The van der Waals surface area contributed by atoms with Crippen LogP contribution in [0.25, 0.3) is 0 Å². The molecule has 0 saturated heterocycles. The van der Waals surface area contributed by atoms with Gasteiger partial charge in [-0.05, 0) is 18.9 Å². The molecular formula is C12H13NO6. The number of aryl methyl sites for hydroxylation is 1. The van der Waals surface area contributed by atoms with Crippen LogP contribution in [-0.4, -0.2) is 27.1 Å². The van der Waals surface area contributed by atoms with Crippen molar-refractivity contribution in [2.45, 2.75) is 26.7 Å². The van der Waals surface area contributed by atoms with E-state index >= 15 is 0 Å². The third kappa shape index (κ3) is 2.54. The average Bonchev–Trinajstić information content (AvgIpc) is 2.35. The monoisotopic (exact) mass is 267 g/mol. The number of hydrogen-bond donors (Lipinski definition) is 2. The molecule has 0 radical (unpaired) electrons. The van der Waals surface area contributed by atoms with Crippen LogP contribution in [0.2, 0.25) is 0 Å². The fraction of sp³-hybridized carbons (Fsp3) is 0.333. The third-order valence-electron chi connectivity index (χ3n) is 2.84. The zero-order chi connectivity index (χ0) is 14.7. The highest BCUT2D eigenvalue weighted by Crippen LogP contribution is 2.31. The minimum absolute atomic E-state index is 0.0470. The zero-order valence-electron chi connectivity index (χ0n) is 10.5. The summed E-state index contributed by atoms with van der Waals surface area (Å²) in [5.41, 5.74) is -1.03. The van der Waals surface area contributed by atoms with Crippen molar-refractivity contribution in [3.8, 4) is 0 Å². The van der Waals surface area contributed by atoms with E-state index in [1.165, 1.54) is 0 Å². The first kappa shape index (κ1) is 14.6. The molecule has 7 nitrogen and oxygen atoms in total. The van der Waals surface area contributed by atoms with E-state index in [1.54, 1.807) is 13.8 Å². The normalized spacial score (nSPS) is 10.2. The molecule has 0 atom stereocenters. The summed E-state index contributed by atoms with van der Waals surface area (Å²) in [6.45, 7) is 3.20. The lowest BCUT2D eigenvalue weighted by Crippen LogP contribution is -2.15. The van der Waals surface area contributed by atoms with Crippen LogP contribution in [0.5, 0.6) is 0 Å². The maximum absolute atomic E-state index is 11.2. The Morgan fingerprint density at radius 3 is 2.11 bits per heavy atom. The number of nitro groups is 1. The molecule has 0 unspecified atom stereocenters. The Hall–Kier alpha value is -2.44. The number of benzene rings is 1. The Morgan fingerprint density at radius 2 is 1.79 bits per heavy atom. The van der Waals surface area contributed by atoms with E-state index in [9.17, 15) is 19.7 Å². The van der Waals surface area contributed by atoms with E-state index in [0.29, 0.717) is 0 Å². The molecule has 0 amide bonds. The SMILES string of the molecule is CCc1cc(C(=O)O)c(C(=O)O)c(CC)c1[N+](=O)[O-]. The Balaban J connectivity index is 3.87. The lowest BCUT2D eigenvalue weighted by atomic mass is 9.92. The Labute approximate surface area is 108 Å². The highest BCUT2D eigenvalue weighted by molar-refractivity contribution is 6.04. The number of carboxylic acids is 2. The van der Waals surface area contributed by atoms with Gasteiger partial charge >= 0.3 is 11.9 Å². The summed E-state index contributed by atoms with van der Waals surface area (Å²) in [5, 5.41) is 29.2. The van der Waals surface area contributed by atoms with E-state index in [2.05, 4.69) is 0 Å². The predicted molar refractivity (Wildman–Crippen MR) is 65.8 cm³/mol. The van der Waals surface area contributed by atoms with Crippen molar-refractivity contribution < 1.29 is 24.7 Å². The second kappa shape index (κ2) is 5.47. The molecule has 0 heterocycles. The summed E-state index contributed by atoms with van der Waals surface area (Å²) >= 11 is 0. The minimum Gasteiger partial charge on any atom is -0.478 e. The maximum Gasteiger partial charge on any atom is 0.337 e. The van der Waals surface area contributed by atoms with E-state index < -0.39 is 28.0 Å². The van der Waals surface area contributed by atoms with Gasteiger partial charge in [0.05, 0.1) is 16.1 Å². The fourth-order valence-corrected chi connectivity index (χ4v) is 2.04. The molecule has 0 aliphatic rings. The molecule has 0 saturated carbocycles. The number of rotatable bonds is 5. The van der Waals surface area contributed by atoms with Crippen molar-refractivity contribution in [1.29, 1.82) is 0 Å². The van der Waals surface area contributed by atoms with Gasteiger partial charge in [-0.3, -0.25) is 10.1 Å². The van der Waals surface area contributed by atoms with Gasteiger partial charge in [0.25, 0.3) is 5.69 Å². The molecule has 0 fully saturated rings. The number of carboxylic acid groups (broad SMARTS) is 2. The summed E-state index contributed by atoms with van der Waals surface area (Å²) in [7, 11) is 0. The predicted octanol–water partition coefficient (Wildman–Crippen LogP) is 2.12. The van der Waals surface area contributed by atoms with Crippen LogP contribution < -0.4 is 0 Å². The number of carbonyl (C=O) groups is 2. The van der Waals surface area contributed by atoms with Gasteiger partial charge in [-0.1, -0.05) is 13.8 Å². The van der Waals surface area contributed by atoms with Crippen molar-refractivity contribution in [3.63, 3.8) is 0 Å². The molecule has 2 N–H and O–H groups in total. The molecule has 102 valence electrons. The summed E-state index contributed by atoms with van der Waals surface area (Å²) < 4.78 is 0. The van der Waals surface area contributed by atoms with E-state index in [0.717, 1.165) is 6.07 Å². The third-order valence-corrected chi connectivity index (χ3v) is 2.84. The molecule has 1 aromatic rings. The molecular weight excluding hydrogens is 254 g/mol. The fourth-order valence-electron chi connectivity index (χ4n) is 2.04. The smallest absolute Gasteiger partial charge is 0.337 e. The van der Waals surface area contributed by atoms with Crippen molar-refractivity contribution in [2.75, 3.05) is 0 Å². The number of nitrogens with zero attached hydrogens (tertiary/aromatic N) is 1. The van der Waals surface area contributed by atoms with Crippen LogP contribution in [0, 0.1) is 10.1 Å². The second-order valence-corrected chi connectivity index (χ2v) is 3.86. The molecule has 1 rings (SSSR count). The van der Waals surface area contributed by atoms with E-state index in [4.69, 9.17) is 10.2 Å². The first-order valence-electron chi connectivity index (χ1n) is 5.64. The van der Waals surface area contributed by atoms with Gasteiger partial charge in [-0.15, -0.1) is 0 Å². The Kier molecular flexibility index (Phi) is 4.21. The standard InChI is InChI=1S/C12H13NO6/c1-3-6-5-8(11(14)15)9(12(16)17)7(4-2)10(6)13(18)19/h5H,3-4H2,1-2H3,(H,14,15)(H,16,17). The van der Waals surface area contributed by atoms with Crippen LogP contribution >= 0.6 is 0 Å². The molecule has 0 bridgehead atoms. The van der Waals surface area contributed by atoms with Crippen molar-refractivity contribution in [3.05, 3.63) is 38.4 Å². The molecule has 0 aliphatic carbocycles. The number of hydrogen-bond acceptors (Lipinski definition) is 4. The summed E-state index contributed by atoms with van der Waals surface area (Å²) in [6, 6.07) is 1.07. The van der Waals surface area contributed by atoms with E-state index in [-0.39, 0.29) is 29.7 Å². The van der Waals surface area contributed by atoms with Gasteiger partial charge in [-0.2, -0.15) is 0 Å². The van der Waals surface area contributed by atoms with Crippen LogP contribution in [0.15, 0.2) is 6.07 Å². The molecule has 0 spiro atoms. The highest BCUT2D eigenvalue weighted by atomic mass is 16.6. The van der Waals surface area contributed by atoms with Crippen molar-refractivity contribution in [2.24, 2.45) is 0 Å². The van der Waals surface area contributed by atoms with Crippen LogP contribution in [-0.2, 0) is 12.8 Å². The first-order valence-corrected chi connectivity index (χ1v) is 5.64. The largest absolute Gasteiger partial charge is 0.478 e. The summed E-state index contributed by atoms with van der Waals surface area (Å²) in [6.07, 6.45) is 0.329. The van der Waals surface area contributed by atoms with Gasteiger partial charge in [0.15, 0.2) is 0 Å². The van der Waals surface area contributed by atoms with Crippen molar-refractivity contribution in [1.82, 2.24) is 0 Å². The number of aromatic carboxylic acids is 2. The highest BCUT2D eigenvalue weighted by Gasteiger charge is 2.29. The van der Waals surface area contributed by atoms with Crippen LogP contribution in [0.4, 0.5) is 5.69 Å². The average molecular weight is 267 g/mol. The van der Waals surface area contributed by atoms with Crippen LogP contribution in [0.1, 0.15) is 45.7 Å². The number of nitro benzene ring substituents is 1. The second-order valence-electron chi connectivity index (χ2n) is 3.86. The van der Waals surface area contributed by atoms with Gasteiger partial charge < -0.3 is 10.2 Å². The van der Waals surface area contributed by atoms with Gasteiger partial charge in [0.1, 0.15) is 0 Å². The quantitative estimate of drug-likeness (QED) is 0.623. The van der Waals surface area contributed by atoms with Crippen LogP contribution in [0.3, 0.4) is 0 Å². The van der Waals surface area contributed by atoms with Gasteiger partial charge in [-0.25, -0.2) is 9.59 Å². The summed E-state index contributed by atoms with van der Waals surface area (Å²) in [5.74, 6) is -2.88.